The van der Waals surface area contributed by atoms with Crippen molar-refractivity contribution in [2.75, 3.05) is 25.2 Å². The third kappa shape index (κ3) is 3.42. The van der Waals surface area contributed by atoms with E-state index in [9.17, 15) is 0 Å². The number of nitrogens with one attached hydrogen (secondary N) is 1. The molecule has 1 unspecified atom stereocenters. The zero-order valence-corrected chi connectivity index (χ0v) is 12.2. The van der Waals surface area contributed by atoms with Crippen LogP contribution >= 0.6 is 11.8 Å². The van der Waals surface area contributed by atoms with E-state index in [4.69, 9.17) is 4.74 Å². The number of hydrogen-bond acceptors (Lipinski definition) is 3. The standard InChI is InChI=1S/C15H23NOS/c1-3-16-15-8-5-12-11-13(6-7-14(12)15)17-9-4-10-18-2/h6-7,11,15-16H,3-5,8-10H2,1-2H3. The Balaban J connectivity index is 1.92. The van der Waals surface area contributed by atoms with Gasteiger partial charge in [-0.15, -0.1) is 0 Å². The van der Waals surface area contributed by atoms with Gasteiger partial charge in [0, 0.05) is 6.04 Å². The van der Waals surface area contributed by atoms with Crippen LogP contribution in [-0.4, -0.2) is 25.2 Å². The first kappa shape index (κ1) is 13.8. The summed E-state index contributed by atoms with van der Waals surface area (Å²) in [5, 5.41) is 3.54. The highest BCUT2D eigenvalue weighted by molar-refractivity contribution is 7.98. The predicted octanol–water partition coefficient (Wildman–Crippen LogP) is 3.42. The second-order valence-corrected chi connectivity index (χ2v) is 5.69. The predicted molar refractivity (Wildman–Crippen MR) is 79.7 cm³/mol. The summed E-state index contributed by atoms with van der Waals surface area (Å²) < 4.78 is 5.79. The molecule has 100 valence electrons. The Bertz CT molecular complexity index is 381. The van der Waals surface area contributed by atoms with Gasteiger partial charge in [-0.2, -0.15) is 11.8 Å². The minimum Gasteiger partial charge on any atom is -0.494 e. The van der Waals surface area contributed by atoms with E-state index in [0.717, 1.165) is 25.3 Å². The summed E-state index contributed by atoms with van der Waals surface area (Å²) in [5.74, 6) is 2.21. The van der Waals surface area contributed by atoms with Crippen molar-refractivity contribution in [2.45, 2.75) is 32.2 Å². The van der Waals surface area contributed by atoms with Gasteiger partial charge < -0.3 is 10.1 Å². The van der Waals surface area contributed by atoms with Gasteiger partial charge in [-0.1, -0.05) is 13.0 Å². The molecule has 0 amide bonds. The molecule has 1 aromatic carbocycles. The molecule has 2 rings (SSSR count). The minimum atomic E-state index is 0.551. The van der Waals surface area contributed by atoms with E-state index in [1.54, 1.807) is 0 Å². The van der Waals surface area contributed by atoms with Crippen LogP contribution in [0.25, 0.3) is 0 Å². The maximum Gasteiger partial charge on any atom is 0.119 e. The SMILES string of the molecule is CCNC1CCc2cc(OCCCSC)ccc21. The molecule has 1 atom stereocenters. The van der Waals surface area contributed by atoms with Gasteiger partial charge in [0.05, 0.1) is 6.61 Å². The molecule has 1 N–H and O–H groups in total. The lowest BCUT2D eigenvalue weighted by Crippen LogP contribution is -2.18. The Morgan fingerprint density at radius 3 is 3.11 bits per heavy atom. The molecular formula is C15H23NOS. The first-order valence-corrected chi connectivity index (χ1v) is 8.22. The third-order valence-electron chi connectivity index (χ3n) is 3.40. The molecule has 1 aromatic rings. The molecule has 0 saturated carbocycles. The summed E-state index contributed by atoms with van der Waals surface area (Å²) >= 11 is 1.87. The highest BCUT2D eigenvalue weighted by atomic mass is 32.2. The maximum atomic E-state index is 5.79. The van der Waals surface area contributed by atoms with Gasteiger partial charge in [-0.25, -0.2) is 0 Å². The highest BCUT2D eigenvalue weighted by Gasteiger charge is 2.21. The van der Waals surface area contributed by atoms with Crippen LogP contribution < -0.4 is 10.1 Å². The molecule has 0 bridgehead atoms. The molecule has 0 aliphatic heterocycles. The van der Waals surface area contributed by atoms with Crippen LogP contribution in [0.3, 0.4) is 0 Å². The smallest absolute Gasteiger partial charge is 0.119 e. The zero-order chi connectivity index (χ0) is 12.8. The summed E-state index contributed by atoms with van der Waals surface area (Å²) in [5.41, 5.74) is 2.93. The molecular weight excluding hydrogens is 242 g/mol. The molecule has 0 radical (unpaired) electrons. The Morgan fingerprint density at radius 2 is 2.33 bits per heavy atom. The van der Waals surface area contributed by atoms with Gasteiger partial charge in [0.25, 0.3) is 0 Å². The normalized spacial score (nSPS) is 17.8. The van der Waals surface area contributed by atoms with Crippen molar-refractivity contribution in [1.82, 2.24) is 5.32 Å². The number of hydrogen-bond donors (Lipinski definition) is 1. The molecule has 3 heteroatoms. The van der Waals surface area contributed by atoms with Crippen molar-refractivity contribution in [3.63, 3.8) is 0 Å². The van der Waals surface area contributed by atoms with Crippen molar-refractivity contribution in [2.24, 2.45) is 0 Å². The highest BCUT2D eigenvalue weighted by Crippen LogP contribution is 2.33. The van der Waals surface area contributed by atoms with E-state index in [-0.39, 0.29) is 0 Å². The summed E-state index contributed by atoms with van der Waals surface area (Å²) in [6.07, 6.45) is 5.66. The van der Waals surface area contributed by atoms with Crippen LogP contribution in [0.5, 0.6) is 5.75 Å². The van der Waals surface area contributed by atoms with Gasteiger partial charge in [0.15, 0.2) is 0 Å². The van der Waals surface area contributed by atoms with Crippen LogP contribution in [0.2, 0.25) is 0 Å². The molecule has 0 fully saturated rings. The van der Waals surface area contributed by atoms with E-state index in [2.05, 4.69) is 36.7 Å². The molecule has 2 nitrogen and oxygen atoms in total. The first-order chi connectivity index (χ1) is 8.85. The molecule has 0 heterocycles. The number of rotatable bonds is 7. The third-order valence-corrected chi connectivity index (χ3v) is 4.10. The van der Waals surface area contributed by atoms with Crippen molar-refractivity contribution in [3.8, 4) is 5.75 Å². The zero-order valence-electron chi connectivity index (χ0n) is 11.4. The van der Waals surface area contributed by atoms with Crippen molar-refractivity contribution in [3.05, 3.63) is 29.3 Å². The molecule has 0 spiro atoms. The molecule has 0 saturated heterocycles. The second kappa shape index (κ2) is 7.05. The van der Waals surface area contributed by atoms with E-state index in [0.29, 0.717) is 6.04 Å². The number of thioether (sulfide) groups is 1. The lowest BCUT2D eigenvalue weighted by Gasteiger charge is -2.13. The van der Waals surface area contributed by atoms with Crippen LogP contribution in [0, 0.1) is 0 Å². The number of fused-ring (bicyclic) bond motifs is 1. The molecule has 18 heavy (non-hydrogen) atoms. The van der Waals surface area contributed by atoms with Crippen LogP contribution in [0.4, 0.5) is 0 Å². The minimum absolute atomic E-state index is 0.551. The molecule has 1 aliphatic carbocycles. The molecule has 1 aliphatic rings. The number of aryl methyl sites for hydroxylation is 1. The Labute approximate surface area is 114 Å². The van der Waals surface area contributed by atoms with Gasteiger partial charge in [0.2, 0.25) is 0 Å². The number of benzene rings is 1. The van der Waals surface area contributed by atoms with Crippen LogP contribution in [0.15, 0.2) is 18.2 Å². The molecule has 0 aromatic heterocycles. The Hall–Kier alpha value is -0.670. The van der Waals surface area contributed by atoms with Crippen LogP contribution in [0.1, 0.15) is 36.9 Å². The van der Waals surface area contributed by atoms with Crippen LogP contribution in [-0.2, 0) is 6.42 Å². The van der Waals surface area contributed by atoms with E-state index in [1.807, 2.05) is 11.8 Å². The second-order valence-electron chi connectivity index (χ2n) is 4.70. The van der Waals surface area contributed by atoms with Crippen molar-refractivity contribution < 1.29 is 4.74 Å². The largest absolute Gasteiger partial charge is 0.494 e. The summed E-state index contributed by atoms with van der Waals surface area (Å²) in [4.78, 5) is 0. The quantitative estimate of drug-likeness (QED) is 0.763. The van der Waals surface area contributed by atoms with Gasteiger partial charge in [-0.3, -0.25) is 0 Å². The summed E-state index contributed by atoms with van der Waals surface area (Å²) in [7, 11) is 0. The average molecular weight is 265 g/mol. The number of ether oxygens (including phenoxy) is 1. The van der Waals surface area contributed by atoms with Crippen molar-refractivity contribution >= 4 is 11.8 Å². The van der Waals surface area contributed by atoms with Gasteiger partial charge in [-0.05, 0) is 61.1 Å². The van der Waals surface area contributed by atoms with E-state index < -0.39 is 0 Å². The topological polar surface area (TPSA) is 21.3 Å². The fourth-order valence-electron chi connectivity index (χ4n) is 2.54. The van der Waals surface area contributed by atoms with E-state index in [1.165, 1.54) is 29.7 Å². The first-order valence-electron chi connectivity index (χ1n) is 6.83. The fraction of sp³-hybridized carbons (Fsp3) is 0.600. The van der Waals surface area contributed by atoms with E-state index >= 15 is 0 Å². The lowest BCUT2D eigenvalue weighted by molar-refractivity contribution is 0.318. The Morgan fingerprint density at radius 1 is 1.44 bits per heavy atom. The maximum absolute atomic E-state index is 5.79. The lowest BCUT2D eigenvalue weighted by atomic mass is 10.1. The van der Waals surface area contributed by atoms with Gasteiger partial charge in [0.1, 0.15) is 5.75 Å². The summed E-state index contributed by atoms with van der Waals surface area (Å²) in [6, 6.07) is 7.13. The fourth-order valence-corrected chi connectivity index (χ4v) is 2.94. The monoisotopic (exact) mass is 265 g/mol. The average Bonchev–Trinajstić information content (AvgIpc) is 2.78. The Kier molecular flexibility index (Phi) is 5.39. The van der Waals surface area contributed by atoms with Gasteiger partial charge >= 0.3 is 0 Å². The van der Waals surface area contributed by atoms with Crippen molar-refractivity contribution in [1.29, 1.82) is 0 Å². The summed E-state index contributed by atoms with van der Waals surface area (Å²) in [6.45, 7) is 4.04.